The number of aromatic hydroxyl groups is 1. The summed E-state index contributed by atoms with van der Waals surface area (Å²) >= 11 is 0. The molecule has 0 saturated carbocycles. The summed E-state index contributed by atoms with van der Waals surface area (Å²) in [6.45, 7) is 11.1. The molecule has 128 valence electrons. The molecule has 4 nitrogen and oxygen atoms in total. The number of hydrogen-bond donors (Lipinski definition) is 1. The predicted molar refractivity (Wildman–Crippen MR) is 96.1 cm³/mol. The fraction of sp³-hybridized carbons (Fsp3) is 0.421. The predicted octanol–water partition coefficient (Wildman–Crippen LogP) is 4.25. The normalized spacial score (nSPS) is 13.2. The fourth-order valence-corrected chi connectivity index (χ4v) is 3.60. The van der Waals surface area contributed by atoms with Crippen molar-refractivity contribution >= 4 is 21.8 Å². The molecule has 24 heavy (non-hydrogen) atoms. The molecule has 2 aromatic heterocycles. The van der Waals surface area contributed by atoms with Gasteiger partial charge in [-0.1, -0.05) is 13.8 Å². The lowest BCUT2D eigenvalue weighted by Gasteiger charge is -2.25. The Bertz CT molecular complexity index is 883. The third-order valence-corrected chi connectivity index (χ3v) is 4.77. The van der Waals surface area contributed by atoms with Crippen molar-refractivity contribution in [1.82, 2.24) is 14.5 Å². The molecule has 1 atom stereocenters. The van der Waals surface area contributed by atoms with Gasteiger partial charge < -0.3 is 14.6 Å². The maximum absolute atomic E-state index is 13.9. The van der Waals surface area contributed by atoms with Crippen LogP contribution >= 0.6 is 0 Å². The van der Waals surface area contributed by atoms with Crippen molar-refractivity contribution < 1.29 is 9.50 Å². The van der Waals surface area contributed by atoms with E-state index in [0.29, 0.717) is 5.69 Å². The van der Waals surface area contributed by atoms with E-state index in [2.05, 4.69) is 35.2 Å². The van der Waals surface area contributed by atoms with Crippen LogP contribution in [0.15, 0.2) is 24.3 Å². The van der Waals surface area contributed by atoms with Crippen LogP contribution < -0.4 is 0 Å². The van der Waals surface area contributed by atoms with Crippen molar-refractivity contribution in [2.75, 3.05) is 19.6 Å². The third kappa shape index (κ3) is 2.73. The first-order valence-corrected chi connectivity index (χ1v) is 8.48. The van der Waals surface area contributed by atoms with E-state index in [4.69, 9.17) is 0 Å². The minimum Gasteiger partial charge on any atom is -0.508 e. The summed E-state index contributed by atoms with van der Waals surface area (Å²) in [5.41, 5.74) is 2.53. The van der Waals surface area contributed by atoms with Crippen molar-refractivity contribution in [3.63, 3.8) is 0 Å². The van der Waals surface area contributed by atoms with Crippen LogP contribution in [0.2, 0.25) is 0 Å². The van der Waals surface area contributed by atoms with Gasteiger partial charge in [0, 0.05) is 35.5 Å². The van der Waals surface area contributed by atoms with E-state index in [9.17, 15) is 9.50 Å². The van der Waals surface area contributed by atoms with E-state index in [-0.39, 0.29) is 11.8 Å². The van der Waals surface area contributed by atoms with Gasteiger partial charge in [-0.05, 0) is 39.1 Å². The summed E-state index contributed by atoms with van der Waals surface area (Å²) in [7, 11) is 0. The second-order valence-corrected chi connectivity index (χ2v) is 6.33. The molecule has 1 unspecified atom stereocenters. The first-order valence-electron chi connectivity index (χ1n) is 8.48. The quantitative estimate of drug-likeness (QED) is 0.712. The number of pyridine rings is 1. The molecule has 0 aliphatic heterocycles. The number of fused-ring (bicyclic) bond motifs is 3. The number of nitrogens with zero attached hydrogens (tertiary/aromatic N) is 3. The minimum absolute atomic E-state index is 0.178. The number of aryl methyl sites for hydroxylation is 1. The lowest BCUT2D eigenvalue weighted by atomic mass is 10.1. The Hall–Kier alpha value is -2.14. The van der Waals surface area contributed by atoms with Crippen LogP contribution in [0.5, 0.6) is 5.75 Å². The Kier molecular flexibility index (Phi) is 4.45. The molecule has 0 radical (unpaired) electrons. The zero-order valence-corrected chi connectivity index (χ0v) is 14.7. The monoisotopic (exact) mass is 329 g/mol. The molecule has 1 aromatic carbocycles. The van der Waals surface area contributed by atoms with Crippen LogP contribution in [0.4, 0.5) is 4.39 Å². The zero-order valence-electron chi connectivity index (χ0n) is 14.7. The molecule has 0 aliphatic rings. The summed E-state index contributed by atoms with van der Waals surface area (Å²) in [6, 6.07) is 6.92. The van der Waals surface area contributed by atoms with Crippen LogP contribution in [0.1, 0.15) is 32.5 Å². The highest BCUT2D eigenvalue weighted by Crippen LogP contribution is 2.35. The largest absolute Gasteiger partial charge is 0.508 e. The highest BCUT2D eigenvalue weighted by molar-refractivity contribution is 6.09. The number of hydrogen-bond acceptors (Lipinski definition) is 3. The Labute approximate surface area is 141 Å². The second kappa shape index (κ2) is 6.40. The van der Waals surface area contributed by atoms with E-state index >= 15 is 0 Å². The Morgan fingerprint density at radius 1 is 1.21 bits per heavy atom. The number of halogens is 1. The minimum atomic E-state index is -0.469. The Balaban J connectivity index is 2.29. The molecule has 3 rings (SSSR count). The first-order chi connectivity index (χ1) is 11.5. The number of aromatic nitrogens is 2. The Morgan fingerprint density at radius 2 is 1.92 bits per heavy atom. The van der Waals surface area contributed by atoms with Crippen LogP contribution in [0.3, 0.4) is 0 Å². The molecule has 0 spiro atoms. The van der Waals surface area contributed by atoms with E-state index in [1.165, 1.54) is 6.07 Å². The molecule has 0 amide bonds. The highest BCUT2D eigenvalue weighted by atomic mass is 19.1. The summed E-state index contributed by atoms with van der Waals surface area (Å²) < 4.78 is 16.0. The van der Waals surface area contributed by atoms with Gasteiger partial charge in [-0.3, -0.25) is 0 Å². The molecular formula is C19H24FN3O. The zero-order chi connectivity index (χ0) is 17.4. The molecular weight excluding hydrogens is 305 g/mol. The SMILES string of the molecule is CCN(CC)CC(C)n1c2cc(O)ccc2c2cc(F)nc(C)c21. The average molecular weight is 329 g/mol. The summed E-state index contributed by atoms with van der Waals surface area (Å²) in [6.07, 6.45) is 0. The van der Waals surface area contributed by atoms with Crippen LogP contribution in [0.25, 0.3) is 21.8 Å². The van der Waals surface area contributed by atoms with Gasteiger partial charge in [0.05, 0.1) is 16.7 Å². The fourth-order valence-electron chi connectivity index (χ4n) is 3.60. The van der Waals surface area contributed by atoms with Crippen LogP contribution in [-0.4, -0.2) is 39.2 Å². The van der Waals surface area contributed by atoms with Gasteiger partial charge in [0.2, 0.25) is 5.95 Å². The number of benzene rings is 1. The number of rotatable bonds is 5. The van der Waals surface area contributed by atoms with Crippen LogP contribution in [-0.2, 0) is 0 Å². The van der Waals surface area contributed by atoms with Crippen molar-refractivity contribution in [2.24, 2.45) is 0 Å². The number of likely N-dealkylation sites (N-methyl/N-ethyl adjacent to an activating group) is 1. The standard InChI is InChI=1S/C19H24FN3O/c1-5-22(6-2)11-12(3)23-17-9-14(24)7-8-15(17)16-10-18(20)21-13(4)19(16)23/h7-10,12,24H,5-6,11H2,1-4H3. The highest BCUT2D eigenvalue weighted by Gasteiger charge is 2.20. The molecule has 0 aliphatic carbocycles. The number of phenols is 1. The first kappa shape index (κ1) is 16.7. The van der Waals surface area contributed by atoms with Gasteiger partial charge in [0.15, 0.2) is 0 Å². The van der Waals surface area contributed by atoms with Gasteiger partial charge in [-0.25, -0.2) is 4.98 Å². The van der Waals surface area contributed by atoms with Crippen molar-refractivity contribution in [2.45, 2.75) is 33.7 Å². The van der Waals surface area contributed by atoms with E-state index < -0.39 is 5.95 Å². The van der Waals surface area contributed by atoms with Crippen LogP contribution in [0, 0.1) is 12.9 Å². The average Bonchev–Trinajstić information content (AvgIpc) is 2.86. The van der Waals surface area contributed by atoms with E-state index in [0.717, 1.165) is 41.4 Å². The maximum atomic E-state index is 13.9. The summed E-state index contributed by atoms with van der Waals surface area (Å²) in [4.78, 5) is 6.38. The summed E-state index contributed by atoms with van der Waals surface area (Å²) in [5.74, 6) is -0.254. The van der Waals surface area contributed by atoms with E-state index in [1.807, 2.05) is 13.0 Å². The summed E-state index contributed by atoms with van der Waals surface area (Å²) in [5, 5.41) is 11.7. The lowest BCUT2D eigenvalue weighted by Crippen LogP contribution is -2.29. The molecule has 1 N–H and O–H groups in total. The topological polar surface area (TPSA) is 41.3 Å². The maximum Gasteiger partial charge on any atom is 0.213 e. The van der Waals surface area contributed by atoms with Gasteiger partial charge in [0.1, 0.15) is 5.75 Å². The van der Waals surface area contributed by atoms with Gasteiger partial charge >= 0.3 is 0 Å². The van der Waals surface area contributed by atoms with Gasteiger partial charge in [-0.15, -0.1) is 0 Å². The van der Waals surface area contributed by atoms with E-state index in [1.54, 1.807) is 12.1 Å². The van der Waals surface area contributed by atoms with Crippen molar-refractivity contribution in [3.8, 4) is 5.75 Å². The third-order valence-electron chi connectivity index (χ3n) is 4.77. The lowest BCUT2D eigenvalue weighted by molar-refractivity contribution is 0.265. The molecule has 5 heteroatoms. The smallest absolute Gasteiger partial charge is 0.213 e. The molecule has 3 aromatic rings. The molecule has 0 fully saturated rings. The molecule has 0 saturated heterocycles. The van der Waals surface area contributed by atoms with Crippen molar-refractivity contribution in [3.05, 3.63) is 35.9 Å². The van der Waals surface area contributed by atoms with Gasteiger partial charge in [-0.2, -0.15) is 4.39 Å². The molecule has 2 heterocycles. The molecule has 0 bridgehead atoms. The van der Waals surface area contributed by atoms with Gasteiger partial charge in [0.25, 0.3) is 0 Å². The second-order valence-electron chi connectivity index (χ2n) is 6.33. The van der Waals surface area contributed by atoms with Crippen molar-refractivity contribution in [1.29, 1.82) is 0 Å². The number of phenolic OH excluding ortho intramolecular Hbond substituents is 1. The Morgan fingerprint density at radius 3 is 2.58 bits per heavy atom.